The smallest absolute Gasteiger partial charge is 0.250 e. The first-order valence-corrected chi connectivity index (χ1v) is 8.12. The lowest BCUT2D eigenvalue weighted by Gasteiger charge is -2.32. The lowest BCUT2D eigenvalue weighted by atomic mass is 9.83. The summed E-state index contributed by atoms with van der Waals surface area (Å²) in [7, 11) is 0. The van der Waals surface area contributed by atoms with E-state index in [9.17, 15) is 4.79 Å². The van der Waals surface area contributed by atoms with Crippen molar-refractivity contribution in [2.75, 3.05) is 6.54 Å². The average molecular weight is 276 g/mol. The molecule has 1 aliphatic carbocycles. The Morgan fingerprint density at radius 2 is 2.05 bits per heavy atom. The van der Waals surface area contributed by atoms with Gasteiger partial charge in [-0.05, 0) is 44.7 Å². The molecule has 0 saturated heterocycles. The predicted molar refractivity (Wildman–Crippen MR) is 84.1 cm³/mol. The molecule has 0 amide bonds. The highest BCUT2D eigenvalue weighted by molar-refractivity contribution is 5.05. The molecular weight excluding hydrogens is 248 g/mol. The van der Waals surface area contributed by atoms with Gasteiger partial charge in [0.1, 0.15) is 0 Å². The van der Waals surface area contributed by atoms with Crippen LogP contribution in [0.15, 0.2) is 23.0 Å². The van der Waals surface area contributed by atoms with Gasteiger partial charge in [-0.3, -0.25) is 4.79 Å². The zero-order valence-corrected chi connectivity index (χ0v) is 12.9. The maximum Gasteiger partial charge on any atom is 0.250 e. The van der Waals surface area contributed by atoms with Gasteiger partial charge in [-0.25, -0.2) is 0 Å². The molecule has 1 heterocycles. The van der Waals surface area contributed by atoms with Gasteiger partial charge in [0.15, 0.2) is 0 Å². The molecule has 20 heavy (non-hydrogen) atoms. The van der Waals surface area contributed by atoms with Gasteiger partial charge in [0.2, 0.25) is 0 Å². The molecule has 112 valence electrons. The van der Waals surface area contributed by atoms with E-state index < -0.39 is 0 Å². The fraction of sp³-hybridized carbons (Fsp3) is 0.706. The molecular formula is C17H28N2O. The Bertz CT molecular complexity index is 460. The Hall–Kier alpha value is -1.09. The number of nitrogens with one attached hydrogen (secondary N) is 1. The van der Waals surface area contributed by atoms with Gasteiger partial charge in [-0.1, -0.05) is 32.3 Å². The fourth-order valence-electron chi connectivity index (χ4n) is 3.30. The van der Waals surface area contributed by atoms with Crippen LogP contribution in [0.2, 0.25) is 0 Å². The van der Waals surface area contributed by atoms with Crippen LogP contribution in [-0.4, -0.2) is 17.2 Å². The Morgan fingerprint density at radius 3 is 2.70 bits per heavy atom. The quantitative estimate of drug-likeness (QED) is 0.866. The summed E-state index contributed by atoms with van der Waals surface area (Å²) in [5.41, 5.74) is 1.20. The average Bonchev–Trinajstić information content (AvgIpc) is 2.47. The Balaban J connectivity index is 2.12. The lowest BCUT2D eigenvalue weighted by molar-refractivity contribution is 0.245. The number of rotatable bonds is 6. The van der Waals surface area contributed by atoms with Crippen LogP contribution in [0, 0.1) is 12.8 Å². The Kier molecular flexibility index (Phi) is 5.84. The molecule has 1 fully saturated rings. The third-order valence-electron chi connectivity index (χ3n) is 4.52. The molecule has 1 saturated carbocycles. The molecule has 1 aromatic heterocycles. The van der Waals surface area contributed by atoms with E-state index in [1.54, 1.807) is 6.07 Å². The number of aromatic nitrogens is 1. The molecule has 1 aliphatic rings. The third-order valence-corrected chi connectivity index (χ3v) is 4.52. The second-order valence-electron chi connectivity index (χ2n) is 6.07. The van der Waals surface area contributed by atoms with Crippen LogP contribution in [0.5, 0.6) is 0 Å². The summed E-state index contributed by atoms with van der Waals surface area (Å²) >= 11 is 0. The van der Waals surface area contributed by atoms with Gasteiger partial charge in [0.25, 0.3) is 5.56 Å². The highest BCUT2D eigenvalue weighted by atomic mass is 16.1. The summed E-state index contributed by atoms with van der Waals surface area (Å²) in [5.74, 6) is 0.724. The topological polar surface area (TPSA) is 34.0 Å². The first-order valence-electron chi connectivity index (χ1n) is 8.12. The van der Waals surface area contributed by atoms with Crippen molar-refractivity contribution in [2.45, 2.75) is 65.0 Å². The molecule has 1 aromatic rings. The van der Waals surface area contributed by atoms with E-state index in [0.717, 1.165) is 31.1 Å². The van der Waals surface area contributed by atoms with Crippen molar-refractivity contribution in [3.8, 4) is 0 Å². The largest absolute Gasteiger partial charge is 0.312 e. The van der Waals surface area contributed by atoms with Crippen molar-refractivity contribution in [2.24, 2.45) is 5.92 Å². The van der Waals surface area contributed by atoms with Crippen LogP contribution in [0.25, 0.3) is 0 Å². The van der Waals surface area contributed by atoms with Crippen molar-refractivity contribution in [1.82, 2.24) is 9.88 Å². The zero-order chi connectivity index (χ0) is 14.4. The Labute approximate surface area is 122 Å². The number of aryl methyl sites for hydroxylation is 1. The minimum atomic E-state index is 0.129. The first kappa shape index (κ1) is 15.3. The van der Waals surface area contributed by atoms with Crippen LogP contribution in [-0.2, 0) is 6.54 Å². The molecule has 0 aromatic carbocycles. The van der Waals surface area contributed by atoms with E-state index in [0.29, 0.717) is 6.04 Å². The van der Waals surface area contributed by atoms with E-state index in [-0.39, 0.29) is 5.56 Å². The Morgan fingerprint density at radius 1 is 1.30 bits per heavy atom. The summed E-state index contributed by atoms with van der Waals surface area (Å²) in [6.45, 7) is 6.09. The molecule has 1 atom stereocenters. The van der Waals surface area contributed by atoms with Crippen LogP contribution in [0.4, 0.5) is 0 Å². The number of pyridine rings is 1. The summed E-state index contributed by atoms with van der Waals surface area (Å²) in [6.07, 6.45) is 7.83. The molecule has 1 N–H and O–H groups in total. The summed E-state index contributed by atoms with van der Waals surface area (Å²) in [4.78, 5) is 12.1. The minimum absolute atomic E-state index is 0.129. The molecule has 0 spiro atoms. The third kappa shape index (κ3) is 3.95. The summed E-state index contributed by atoms with van der Waals surface area (Å²) in [5, 5.41) is 3.68. The summed E-state index contributed by atoms with van der Waals surface area (Å²) < 4.78 is 1.93. The number of nitrogens with zero attached hydrogens (tertiary/aromatic N) is 1. The molecule has 1 unspecified atom stereocenters. The van der Waals surface area contributed by atoms with Crippen molar-refractivity contribution >= 4 is 0 Å². The SMILES string of the molecule is CCCNC(Cn1c(C)cccc1=O)C1CCCCC1. The van der Waals surface area contributed by atoms with Crippen LogP contribution >= 0.6 is 0 Å². The maximum absolute atomic E-state index is 12.1. The van der Waals surface area contributed by atoms with Crippen molar-refractivity contribution in [1.29, 1.82) is 0 Å². The van der Waals surface area contributed by atoms with E-state index in [4.69, 9.17) is 0 Å². The van der Waals surface area contributed by atoms with E-state index in [1.807, 2.05) is 23.6 Å². The van der Waals surface area contributed by atoms with Crippen LogP contribution in [0.3, 0.4) is 0 Å². The van der Waals surface area contributed by atoms with Crippen LogP contribution < -0.4 is 10.9 Å². The summed E-state index contributed by atoms with van der Waals surface area (Å²) in [6, 6.07) is 5.99. The van der Waals surface area contributed by atoms with Gasteiger partial charge >= 0.3 is 0 Å². The molecule has 0 radical (unpaired) electrons. The molecule has 2 rings (SSSR count). The second-order valence-corrected chi connectivity index (χ2v) is 6.07. The van der Waals surface area contributed by atoms with Crippen molar-refractivity contribution in [3.05, 3.63) is 34.2 Å². The zero-order valence-electron chi connectivity index (χ0n) is 12.9. The van der Waals surface area contributed by atoms with Crippen molar-refractivity contribution < 1.29 is 0 Å². The second kappa shape index (κ2) is 7.63. The van der Waals surface area contributed by atoms with Crippen molar-refractivity contribution in [3.63, 3.8) is 0 Å². The van der Waals surface area contributed by atoms with Gasteiger partial charge in [0, 0.05) is 24.3 Å². The lowest BCUT2D eigenvalue weighted by Crippen LogP contribution is -2.43. The van der Waals surface area contributed by atoms with E-state index in [2.05, 4.69) is 12.2 Å². The predicted octanol–water partition coefficient (Wildman–Crippen LogP) is 3.11. The number of hydrogen-bond donors (Lipinski definition) is 1. The minimum Gasteiger partial charge on any atom is -0.312 e. The molecule has 0 aliphatic heterocycles. The normalized spacial score (nSPS) is 18.1. The van der Waals surface area contributed by atoms with Gasteiger partial charge in [-0.15, -0.1) is 0 Å². The van der Waals surface area contributed by atoms with E-state index >= 15 is 0 Å². The molecule has 3 nitrogen and oxygen atoms in total. The molecule has 3 heteroatoms. The van der Waals surface area contributed by atoms with Gasteiger partial charge in [0.05, 0.1) is 0 Å². The molecule has 0 bridgehead atoms. The number of hydrogen-bond acceptors (Lipinski definition) is 2. The standard InChI is InChI=1S/C17H28N2O/c1-3-12-18-16(15-9-5-4-6-10-15)13-19-14(2)8-7-11-17(19)20/h7-8,11,15-16,18H,3-6,9-10,12-13H2,1-2H3. The van der Waals surface area contributed by atoms with E-state index in [1.165, 1.54) is 32.1 Å². The van der Waals surface area contributed by atoms with Gasteiger partial charge in [-0.2, -0.15) is 0 Å². The van der Waals surface area contributed by atoms with Gasteiger partial charge < -0.3 is 9.88 Å². The van der Waals surface area contributed by atoms with Crippen LogP contribution in [0.1, 0.15) is 51.1 Å². The highest BCUT2D eigenvalue weighted by Crippen LogP contribution is 2.27. The first-order chi connectivity index (χ1) is 9.72. The maximum atomic E-state index is 12.1. The highest BCUT2D eigenvalue weighted by Gasteiger charge is 2.23. The monoisotopic (exact) mass is 276 g/mol. The fourth-order valence-corrected chi connectivity index (χ4v) is 3.30.